The molecule has 9 heteroatoms. The summed E-state index contributed by atoms with van der Waals surface area (Å²) in [6.45, 7) is 5.19. The molecule has 8 nitrogen and oxygen atoms in total. The molecule has 0 bridgehead atoms. The van der Waals surface area contributed by atoms with Crippen LogP contribution in [0.5, 0.6) is 0 Å². The molecule has 0 saturated carbocycles. The first kappa shape index (κ1) is 53.9. The number of nitrogens with zero attached hydrogens (tertiary/aromatic N) is 1. The zero-order valence-corrected chi connectivity index (χ0v) is 37.5. The van der Waals surface area contributed by atoms with Crippen molar-refractivity contribution in [3.8, 4) is 0 Å². The molecule has 0 rings (SSSR count). The van der Waals surface area contributed by atoms with Gasteiger partial charge in [0.25, 0.3) is 7.82 Å². The summed E-state index contributed by atoms with van der Waals surface area (Å²) in [4.78, 5) is 25.0. The van der Waals surface area contributed by atoms with Gasteiger partial charge >= 0.3 is 5.97 Å². The summed E-state index contributed by atoms with van der Waals surface area (Å²) in [6, 6.07) is 0. The van der Waals surface area contributed by atoms with E-state index in [4.69, 9.17) is 18.5 Å². The summed E-state index contributed by atoms with van der Waals surface area (Å²) in [5, 5.41) is 0. The fraction of sp³-hybridized carbons (Fsp3) is 0.723. The van der Waals surface area contributed by atoms with Crippen molar-refractivity contribution in [2.24, 2.45) is 0 Å². The van der Waals surface area contributed by atoms with E-state index >= 15 is 0 Å². The number of hydrogen-bond donors (Lipinski definition) is 0. The molecule has 0 N–H and O–H groups in total. The van der Waals surface area contributed by atoms with Crippen molar-refractivity contribution in [1.82, 2.24) is 0 Å². The summed E-state index contributed by atoms with van der Waals surface area (Å²) < 4.78 is 34.5. The molecular weight excluding hydrogens is 721 g/mol. The van der Waals surface area contributed by atoms with Crippen LogP contribution in [0.4, 0.5) is 0 Å². The number of likely N-dealkylation sites (N-methyl/N-ethyl adjacent to an activating group) is 1. The maximum Gasteiger partial charge on any atom is 0.306 e. The number of phosphoric acid groups is 1. The van der Waals surface area contributed by atoms with Crippen LogP contribution in [0, 0.1) is 0 Å². The van der Waals surface area contributed by atoms with Crippen molar-refractivity contribution >= 4 is 13.8 Å². The fourth-order valence-electron chi connectivity index (χ4n) is 5.57. The number of allylic oxidation sites excluding steroid dienone is 12. The summed E-state index contributed by atoms with van der Waals surface area (Å²) >= 11 is 0. The number of quaternary nitrogens is 1. The van der Waals surface area contributed by atoms with Gasteiger partial charge in [0.1, 0.15) is 19.3 Å². The molecule has 56 heavy (non-hydrogen) atoms. The zero-order valence-electron chi connectivity index (χ0n) is 36.6. The van der Waals surface area contributed by atoms with E-state index in [9.17, 15) is 14.3 Å². The summed E-state index contributed by atoms with van der Waals surface area (Å²) in [5.74, 6) is -0.379. The van der Waals surface area contributed by atoms with Gasteiger partial charge in [-0.1, -0.05) is 145 Å². The molecule has 2 unspecified atom stereocenters. The highest BCUT2D eigenvalue weighted by Crippen LogP contribution is 2.38. The summed E-state index contributed by atoms with van der Waals surface area (Å²) in [7, 11) is 1.31. The first-order valence-electron chi connectivity index (χ1n) is 22.2. The van der Waals surface area contributed by atoms with Gasteiger partial charge in [0.2, 0.25) is 0 Å². The molecule has 0 spiro atoms. The van der Waals surface area contributed by atoms with E-state index in [2.05, 4.69) is 86.8 Å². The molecule has 0 aromatic heterocycles. The molecule has 0 aromatic carbocycles. The van der Waals surface area contributed by atoms with E-state index in [1.807, 2.05) is 21.1 Å². The molecule has 324 valence electrons. The highest BCUT2D eigenvalue weighted by atomic mass is 31.2. The second-order valence-electron chi connectivity index (χ2n) is 15.7. The third-order valence-corrected chi connectivity index (χ3v) is 9.96. The van der Waals surface area contributed by atoms with Crippen molar-refractivity contribution in [2.75, 3.05) is 54.1 Å². The lowest BCUT2D eigenvalue weighted by molar-refractivity contribution is -0.870. The highest BCUT2D eigenvalue weighted by Gasteiger charge is 2.20. The van der Waals surface area contributed by atoms with Crippen molar-refractivity contribution < 1.29 is 37.3 Å². The number of carbonyl (C=O) groups excluding carboxylic acids is 1. The molecule has 0 fully saturated rings. The van der Waals surface area contributed by atoms with Crippen molar-refractivity contribution in [3.63, 3.8) is 0 Å². The lowest BCUT2D eigenvalue weighted by Crippen LogP contribution is -2.37. The number of rotatable bonds is 40. The number of esters is 1. The molecule has 0 aromatic rings. The van der Waals surface area contributed by atoms with Gasteiger partial charge in [-0.15, -0.1) is 0 Å². The van der Waals surface area contributed by atoms with Crippen molar-refractivity contribution in [2.45, 2.75) is 168 Å². The Balaban J connectivity index is 4.30. The zero-order chi connectivity index (χ0) is 41.3. The van der Waals surface area contributed by atoms with E-state index in [1.54, 1.807) is 0 Å². The fourth-order valence-corrected chi connectivity index (χ4v) is 6.29. The van der Waals surface area contributed by atoms with Gasteiger partial charge in [-0.2, -0.15) is 0 Å². The summed E-state index contributed by atoms with van der Waals surface area (Å²) in [6.07, 6.45) is 50.6. The highest BCUT2D eigenvalue weighted by molar-refractivity contribution is 7.45. The van der Waals surface area contributed by atoms with Crippen molar-refractivity contribution in [3.05, 3.63) is 72.9 Å². The van der Waals surface area contributed by atoms with Crippen LogP contribution in [-0.2, 0) is 27.9 Å². The lowest BCUT2D eigenvalue weighted by Gasteiger charge is -2.28. The molecule has 0 aliphatic carbocycles. The minimum Gasteiger partial charge on any atom is -0.756 e. The molecule has 0 saturated heterocycles. The largest absolute Gasteiger partial charge is 0.756 e. The molecule has 0 radical (unpaired) electrons. The van der Waals surface area contributed by atoms with E-state index in [-0.39, 0.29) is 32.2 Å². The molecule has 2 atom stereocenters. The average molecular weight is 806 g/mol. The second-order valence-corrected chi connectivity index (χ2v) is 17.1. The monoisotopic (exact) mass is 806 g/mol. The first-order chi connectivity index (χ1) is 27.1. The minimum absolute atomic E-state index is 0.0132. The van der Waals surface area contributed by atoms with Crippen LogP contribution >= 0.6 is 7.82 Å². The first-order valence-corrected chi connectivity index (χ1v) is 23.6. The Kier molecular flexibility index (Phi) is 38.3. The molecule has 0 heterocycles. The Hall–Kier alpha value is -2.06. The van der Waals surface area contributed by atoms with Gasteiger partial charge < -0.3 is 27.9 Å². The van der Waals surface area contributed by atoms with Gasteiger partial charge in [0.15, 0.2) is 0 Å². The third-order valence-electron chi connectivity index (χ3n) is 8.99. The van der Waals surface area contributed by atoms with Gasteiger partial charge in [-0.25, -0.2) is 0 Å². The predicted molar refractivity (Wildman–Crippen MR) is 235 cm³/mol. The maximum absolute atomic E-state index is 12.7. The van der Waals surface area contributed by atoms with Crippen molar-refractivity contribution in [1.29, 1.82) is 0 Å². The van der Waals surface area contributed by atoms with E-state index in [1.165, 1.54) is 77.0 Å². The topological polar surface area (TPSA) is 94.1 Å². The number of unbranched alkanes of at least 4 members (excludes halogenated alkanes) is 14. The standard InChI is InChI=1S/C47H84NO7P/c1-6-8-10-12-14-16-18-20-22-23-24-25-27-29-31-33-35-37-39-42-52-44-46(45-54-56(50,51)53-43-41-48(3,4)5)55-47(49)40-38-36-34-32-30-28-26-21-19-17-15-13-11-9-7-2/h9,11,15-18,21-23,26,30,32,46H,6-8,10,12-14,19-20,24-25,27-29,31,33-45H2,1-5H3/b11-9-,17-15-,18-16-,23-22-,26-21-,32-30-. The van der Waals surface area contributed by atoms with Gasteiger partial charge in [0.05, 0.1) is 34.4 Å². The molecule has 0 amide bonds. The van der Waals surface area contributed by atoms with Gasteiger partial charge in [-0.3, -0.25) is 9.36 Å². The number of hydrogen-bond acceptors (Lipinski definition) is 7. The lowest BCUT2D eigenvalue weighted by atomic mass is 10.1. The third kappa shape index (κ3) is 43.1. The van der Waals surface area contributed by atoms with E-state index in [0.717, 1.165) is 57.8 Å². The number of phosphoric ester groups is 1. The second kappa shape index (κ2) is 39.8. The van der Waals surface area contributed by atoms with Crippen LogP contribution in [0.3, 0.4) is 0 Å². The number of ether oxygens (including phenoxy) is 2. The Morgan fingerprint density at radius 3 is 1.55 bits per heavy atom. The van der Waals surface area contributed by atoms with Gasteiger partial charge in [-0.05, 0) is 83.5 Å². The molecular formula is C47H84NO7P. The van der Waals surface area contributed by atoms with E-state index < -0.39 is 13.9 Å². The maximum atomic E-state index is 12.7. The average Bonchev–Trinajstić information content (AvgIpc) is 3.15. The minimum atomic E-state index is -4.54. The Labute approximate surface area is 344 Å². The quantitative estimate of drug-likeness (QED) is 0.0200. The molecule has 0 aliphatic heterocycles. The normalized spacial score (nSPS) is 14.5. The van der Waals surface area contributed by atoms with Crippen LogP contribution in [0.15, 0.2) is 72.9 Å². The van der Waals surface area contributed by atoms with Crippen LogP contribution in [0.25, 0.3) is 0 Å². The van der Waals surface area contributed by atoms with Crippen LogP contribution in [0.1, 0.15) is 162 Å². The number of carbonyl (C=O) groups is 1. The molecule has 0 aliphatic rings. The van der Waals surface area contributed by atoms with Crippen LogP contribution < -0.4 is 4.89 Å². The van der Waals surface area contributed by atoms with Crippen LogP contribution in [-0.4, -0.2) is 70.7 Å². The van der Waals surface area contributed by atoms with Gasteiger partial charge in [0, 0.05) is 13.0 Å². The Bertz CT molecular complexity index is 1120. The van der Waals surface area contributed by atoms with Crippen LogP contribution in [0.2, 0.25) is 0 Å². The Morgan fingerprint density at radius 2 is 1.04 bits per heavy atom. The predicted octanol–water partition coefficient (Wildman–Crippen LogP) is 12.5. The van der Waals surface area contributed by atoms with E-state index in [0.29, 0.717) is 24.1 Å². The summed E-state index contributed by atoms with van der Waals surface area (Å²) in [5.41, 5.74) is 0. The SMILES string of the molecule is CC/C=C\C/C=C\C/C=C\C/C=C\CCCCC(=O)OC(COCCCCCCCCCC/C=C\C/C=C\CCCCCC)COP(=O)([O-])OCC[N+](C)(C)C. The Morgan fingerprint density at radius 1 is 0.571 bits per heavy atom. The smallest absolute Gasteiger partial charge is 0.306 e.